The molecule has 0 aliphatic carbocycles. The van der Waals surface area contributed by atoms with Crippen molar-refractivity contribution in [1.29, 1.82) is 0 Å². The number of carbonyl (C=O) groups is 2. The van der Waals surface area contributed by atoms with Crippen LogP contribution < -0.4 is 10.9 Å². The molecule has 2 aliphatic heterocycles. The van der Waals surface area contributed by atoms with Gasteiger partial charge in [-0.1, -0.05) is 18.2 Å². The third kappa shape index (κ3) is 3.57. The van der Waals surface area contributed by atoms with Gasteiger partial charge in [0, 0.05) is 43.6 Å². The van der Waals surface area contributed by atoms with Gasteiger partial charge in [0.05, 0.1) is 6.04 Å². The van der Waals surface area contributed by atoms with Crippen molar-refractivity contribution in [1.82, 2.24) is 14.8 Å². The molecule has 3 heterocycles. The van der Waals surface area contributed by atoms with Crippen molar-refractivity contribution in [3.63, 3.8) is 0 Å². The highest BCUT2D eigenvalue weighted by atomic mass is 19.1. The van der Waals surface area contributed by atoms with Crippen LogP contribution in [0.3, 0.4) is 0 Å². The number of pyridine rings is 1. The van der Waals surface area contributed by atoms with E-state index >= 15 is 0 Å². The number of benzene rings is 1. The van der Waals surface area contributed by atoms with Gasteiger partial charge >= 0.3 is 0 Å². The summed E-state index contributed by atoms with van der Waals surface area (Å²) in [6.07, 6.45) is 0.760. The van der Waals surface area contributed by atoms with Crippen LogP contribution >= 0.6 is 0 Å². The first kappa shape index (κ1) is 19.4. The molecule has 1 aromatic carbocycles. The van der Waals surface area contributed by atoms with E-state index in [4.69, 9.17) is 0 Å². The van der Waals surface area contributed by atoms with Crippen molar-refractivity contribution < 1.29 is 14.0 Å². The minimum absolute atomic E-state index is 0.0229. The minimum Gasteiger partial charge on any atom is -0.348 e. The smallest absolute Gasteiger partial charge is 0.251 e. The van der Waals surface area contributed by atoms with Crippen LogP contribution in [0.1, 0.15) is 49.5 Å². The van der Waals surface area contributed by atoms with E-state index in [1.807, 2.05) is 13.0 Å². The molecule has 2 bridgehead atoms. The predicted molar refractivity (Wildman–Crippen MR) is 106 cm³/mol. The van der Waals surface area contributed by atoms with Crippen molar-refractivity contribution in [2.45, 2.75) is 38.3 Å². The normalized spacial score (nSPS) is 23.8. The molecule has 2 amide bonds. The van der Waals surface area contributed by atoms with E-state index in [1.165, 1.54) is 25.1 Å². The Morgan fingerprint density at radius 2 is 1.86 bits per heavy atom. The summed E-state index contributed by atoms with van der Waals surface area (Å²) in [5.41, 5.74) is 1.38. The fourth-order valence-electron chi connectivity index (χ4n) is 4.66. The van der Waals surface area contributed by atoms with Crippen LogP contribution in [-0.4, -0.2) is 34.4 Å². The number of halogens is 1. The number of nitrogens with zero attached hydrogens (tertiary/aromatic N) is 2. The van der Waals surface area contributed by atoms with Crippen LogP contribution in [0.15, 0.2) is 47.3 Å². The SMILES string of the molecule is CC(=O)N1C[C@H]2C[C@@H](C1)[C@H](C(=O)N[C@H](C)c1ccc(F)cc1)n1c2cccc1=O. The Morgan fingerprint density at radius 3 is 2.55 bits per heavy atom. The van der Waals surface area contributed by atoms with E-state index in [2.05, 4.69) is 5.32 Å². The van der Waals surface area contributed by atoms with Gasteiger partial charge in [0.25, 0.3) is 5.56 Å². The number of likely N-dealkylation sites (tertiary alicyclic amines) is 1. The number of nitrogens with one attached hydrogen (secondary N) is 1. The largest absolute Gasteiger partial charge is 0.348 e. The van der Waals surface area contributed by atoms with Crippen molar-refractivity contribution >= 4 is 11.8 Å². The van der Waals surface area contributed by atoms with Crippen molar-refractivity contribution in [3.05, 3.63) is 69.9 Å². The number of rotatable bonds is 3. The first-order chi connectivity index (χ1) is 13.8. The van der Waals surface area contributed by atoms with Crippen LogP contribution in [0.5, 0.6) is 0 Å². The summed E-state index contributed by atoms with van der Waals surface area (Å²) in [6.45, 7) is 4.38. The molecular weight excluding hydrogens is 373 g/mol. The third-order valence-electron chi connectivity index (χ3n) is 6.09. The van der Waals surface area contributed by atoms with Gasteiger partial charge < -0.3 is 10.2 Å². The van der Waals surface area contributed by atoms with Gasteiger partial charge in [-0.15, -0.1) is 0 Å². The van der Waals surface area contributed by atoms with Crippen LogP contribution in [-0.2, 0) is 9.59 Å². The summed E-state index contributed by atoms with van der Waals surface area (Å²) < 4.78 is 14.8. The Labute approximate surface area is 168 Å². The molecule has 0 saturated carbocycles. The average Bonchev–Trinajstić information content (AvgIpc) is 2.69. The van der Waals surface area contributed by atoms with Crippen molar-refractivity contribution in [2.75, 3.05) is 13.1 Å². The molecule has 7 heteroatoms. The highest BCUT2D eigenvalue weighted by molar-refractivity contribution is 5.82. The lowest BCUT2D eigenvalue weighted by Gasteiger charge is -2.46. The molecule has 1 N–H and O–H groups in total. The maximum atomic E-state index is 13.3. The molecule has 152 valence electrons. The predicted octanol–water partition coefficient (Wildman–Crippen LogP) is 2.37. The van der Waals surface area contributed by atoms with Crippen LogP contribution in [0.2, 0.25) is 0 Å². The topological polar surface area (TPSA) is 71.4 Å². The number of aromatic nitrogens is 1. The van der Waals surface area contributed by atoms with Gasteiger partial charge in [0.15, 0.2) is 0 Å². The third-order valence-corrected chi connectivity index (χ3v) is 6.09. The van der Waals surface area contributed by atoms with Gasteiger partial charge in [-0.2, -0.15) is 0 Å². The number of piperidine rings is 1. The molecule has 1 aromatic heterocycles. The quantitative estimate of drug-likeness (QED) is 0.864. The molecule has 0 unspecified atom stereocenters. The molecule has 29 heavy (non-hydrogen) atoms. The zero-order chi connectivity index (χ0) is 20.7. The zero-order valence-electron chi connectivity index (χ0n) is 16.5. The summed E-state index contributed by atoms with van der Waals surface area (Å²) in [6, 6.07) is 10.0. The van der Waals surface area contributed by atoms with E-state index in [0.717, 1.165) is 17.7 Å². The highest BCUT2D eigenvalue weighted by Gasteiger charge is 2.44. The van der Waals surface area contributed by atoms with Gasteiger partial charge in [-0.05, 0) is 37.1 Å². The Hall–Kier alpha value is -2.96. The summed E-state index contributed by atoms with van der Waals surface area (Å²) in [7, 11) is 0. The lowest BCUT2D eigenvalue weighted by atomic mass is 9.78. The van der Waals surface area contributed by atoms with Gasteiger partial charge in [-0.3, -0.25) is 19.0 Å². The standard InChI is InChI=1S/C22H24FN3O3/c1-13(15-6-8-18(23)9-7-15)24-22(29)21-17-10-16(11-25(12-17)14(2)27)19-4-3-5-20(28)26(19)21/h3-9,13,16-17,21H,10-12H2,1-2H3,(H,24,29)/t13-,16-,17+,21-/m1/s1. The Bertz CT molecular complexity index is 1000. The van der Waals surface area contributed by atoms with Gasteiger partial charge in [0.2, 0.25) is 11.8 Å². The first-order valence-corrected chi connectivity index (χ1v) is 9.88. The molecule has 1 saturated heterocycles. The van der Waals surface area contributed by atoms with E-state index in [-0.39, 0.29) is 41.1 Å². The van der Waals surface area contributed by atoms with Crippen molar-refractivity contribution in [3.8, 4) is 0 Å². The molecule has 4 rings (SSSR count). The number of amides is 2. The lowest BCUT2D eigenvalue weighted by Crippen LogP contribution is -2.54. The maximum absolute atomic E-state index is 13.3. The van der Waals surface area contributed by atoms with E-state index in [0.29, 0.717) is 13.1 Å². The number of hydrogen-bond acceptors (Lipinski definition) is 3. The fraction of sp³-hybridized carbons (Fsp3) is 0.409. The molecule has 4 atom stereocenters. The molecule has 1 fully saturated rings. The zero-order valence-corrected chi connectivity index (χ0v) is 16.5. The Kier molecular flexibility index (Phi) is 4.98. The number of hydrogen-bond donors (Lipinski definition) is 1. The summed E-state index contributed by atoms with van der Waals surface area (Å²) >= 11 is 0. The number of fused-ring (bicyclic) bond motifs is 4. The monoisotopic (exact) mass is 397 g/mol. The number of carbonyl (C=O) groups excluding carboxylic acids is 2. The van der Waals surface area contributed by atoms with Crippen LogP contribution in [0, 0.1) is 11.7 Å². The molecule has 6 nitrogen and oxygen atoms in total. The second-order valence-corrected chi connectivity index (χ2v) is 8.00. The van der Waals surface area contributed by atoms with Crippen molar-refractivity contribution in [2.24, 2.45) is 5.92 Å². The van der Waals surface area contributed by atoms with Gasteiger partial charge in [0.1, 0.15) is 11.9 Å². The van der Waals surface area contributed by atoms with E-state index < -0.39 is 6.04 Å². The van der Waals surface area contributed by atoms with Crippen LogP contribution in [0.25, 0.3) is 0 Å². The summed E-state index contributed by atoms with van der Waals surface area (Å²) in [5.74, 6) is -0.705. The Balaban J connectivity index is 1.67. The van der Waals surface area contributed by atoms with E-state index in [1.54, 1.807) is 27.7 Å². The molecular formula is C22H24FN3O3. The lowest BCUT2D eigenvalue weighted by molar-refractivity contribution is -0.135. The Morgan fingerprint density at radius 1 is 1.14 bits per heavy atom. The second-order valence-electron chi connectivity index (χ2n) is 8.00. The summed E-state index contributed by atoms with van der Waals surface area (Å²) in [5, 5.41) is 2.98. The second kappa shape index (κ2) is 7.46. The molecule has 0 radical (unpaired) electrons. The maximum Gasteiger partial charge on any atom is 0.251 e. The fourth-order valence-corrected chi connectivity index (χ4v) is 4.66. The van der Waals surface area contributed by atoms with E-state index in [9.17, 15) is 18.8 Å². The van der Waals surface area contributed by atoms with Crippen LogP contribution in [0.4, 0.5) is 4.39 Å². The molecule has 2 aliphatic rings. The molecule has 2 aromatic rings. The molecule has 0 spiro atoms. The van der Waals surface area contributed by atoms with Gasteiger partial charge in [-0.25, -0.2) is 4.39 Å². The minimum atomic E-state index is -0.681. The first-order valence-electron chi connectivity index (χ1n) is 9.88. The average molecular weight is 397 g/mol. The summed E-state index contributed by atoms with van der Waals surface area (Å²) in [4.78, 5) is 39.7. The highest BCUT2D eigenvalue weighted by Crippen LogP contribution is 2.41.